The second-order valence-electron chi connectivity index (χ2n) is 5.77. The van der Waals surface area contributed by atoms with Crippen LogP contribution in [-0.2, 0) is 4.79 Å². The lowest BCUT2D eigenvalue weighted by molar-refractivity contribution is -0.123. The summed E-state index contributed by atoms with van der Waals surface area (Å²) in [6, 6.07) is 0.881. The predicted molar refractivity (Wildman–Crippen MR) is 80.3 cm³/mol. The average Bonchev–Trinajstić information content (AvgIpc) is 2.37. The van der Waals surface area contributed by atoms with Gasteiger partial charge in [0.2, 0.25) is 5.91 Å². The van der Waals surface area contributed by atoms with Gasteiger partial charge < -0.3 is 10.6 Å². The zero-order valence-electron chi connectivity index (χ0n) is 12.9. The Morgan fingerprint density at radius 1 is 1.42 bits per heavy atom. The standard InChI is InChI=1S/C15H31N3O/c1-4-7-13(2)17-15(19)12-18-11-6-5-8-14(18)9-10-16-3/h13-14,16H,4-12H2,1-3H3,(H,17,19). The lowest BCUT2D eigenvalue weighted by Crippen LogP contribution is -2.47. The molecule has 2 atom stereocenters. The summed E-state index contributed by atoms with van der Waals surface area (Å²) in [7, 11) is 1.99. The van der Waals surface area contributed by atoms with Gasteiger partial charge >= 0.3 is 0 Å². The smallest absolute Gasteiger partial charge is 0.234 e. The van der Waals surface area contributed by atoms with Gasteiger partial charge in [0.25, 0.3) is 0 Å². The summed E-state index contributed by atoms with van der Waals surface area (Å²) in [6.45, 7) is 6.93. The van der Waals surface area contributed by atoms with Crippen molar-refractivity contribution >= 4 is 5.91 Å². The molecule has 0 spiro atoms. The Kier molecular flexibility index (Phi) is 8.07. The van der Waals surface area contributed by atoms with E-state index in [0.29, 0.717) is 18.6 Å². The SMILES string of the molecule is CCCC(C)NC(=O)CN1CCCCC1CCNC. The van der Waals surface area contributed by atoms with Crippen molar-refractivity contribution in [3.63, 3.8) is 0 Å². The molecule has 0 aromatic carbocycles. The van der Waals surface area contributed by atoms with Crippen molar-refractivity contribution in [1.82, 2.24) is 15.5 Å². The average molecular weight is 269 g/mol. The topological polar surface area (TPSA) is 44.4 Å². The summed E-state index contributed by atoms with van der Waals surface area (Å²) >= 11 is 0. The van der Waals surface area contributed by atoms with E-state index >= 15 is 0 Å². The minimum atomic E-state index is 0.192. The highest BCUT2D eigenvalue weighted by Crippen LogP contribution is 2.18. The Balaban J connectivity index is 2.36. The van der Waals surface area contributed by atoms with Gasteiger partial charge in [0.05, 0.1) is 6.54 Å². The highest BCUT2D eigenvalue weighted by atomic mass is 16.2. The maximum atomic E-state index is 12.0. The molecule has 0 aromatic rings. The first-order valence-electron chi connectivity index (χ1n) is 7.85. The zero-order chi connectivity index (χ0) is 14.1. The minimum Gasteiger partial charge on any atom is -0.353 e. The van der Waals surface area contributed by atoms with Crippen molar-refractivity contribution in [2.24, 2.45) is 0 Å². The molecule has 0 saturated carbocycles. The number of rotatable bonds is 8. The summed E-state index contributed by atoms with van der Waals surface area (Å²) in [6.07, 6.45) is 7.10. The maximum Gasteiger partial charge on any atom is 0.234 e. The molecule has 1 aliphatic rings. The molecule has 1 saturated heterocycles. The van der Waals surface area contributed by atoms with Crippen LogP contribution in [0.4, 0.5) is 0 Å². The third kappa shape index (κ3) is 6.39. The summed E-state index contributed by atoms with van der Waals surface area (Å²) in [5, 5.41) is 6.32. The van der Waals surface area contributed by atoms with Gasteiger partial charge in [-0.25, -0.2) is 0 Å². The molecule has 1 rings (SSSR count). The second kappa shape index (κ2) is 9.32. The van der Waals surface area contributed by atoms with Crippen molar-refractivity contribution < 1.29 is 4.79 Å². The van der Waals surface area contributed by atoms with Crippen LogP contribution in [0.1, 0.15) is 52.4 Å². The van der Waals surface area contributed by atoms with Crippen LogP contribution in [0, 0.1) is 0 Å². The van der Waals surface area contributed by atoms with Gasteiger partial charge in [0.15, 0.2) is 0 Å². The van der Waals surface area contributed by atoms with Crippen LogP contribution >= 0.6 is 0 Å². The molecule has 112 valence electrons. The Labute approximate surface area is 118 Å². The van der Waals surface area contributed by atoms with E-state index in [9.17, 15) is 4.79 Å². The number of nitrogens with zero attached hydrogens (tertiary/aromatic N) is 1. The molecule has 1 heterocycles. The van der Waals surface area contributed by atoms with Crippen LogP contribution in [0.15, 0.2) is 0 Å². The van der Waals surface area contributed by atoms with Crippen molar-refractivity contribution in [1.29, 1.82) is 0 Å². The Hall–Kier alpha value is -0.610. The lowest BCUT2D eigenvalue weighted by atomic mass is 9.99. The quantitative estimate of drug-likeness (QED) is 0.706. The normalized spacial score (nSPS) is 22.2. The van der Waals surface area contributed by atoms with Crippen molar-refractivity contribution in [2.75, 3.05) is 26.7 Å². The molecule has 0 radical (unpaired) electrons. The molecule has 19 heavy (non-hydrogen) atoms. The molecule has 2 N–H and O–H groups in total. The molecular weight excluding hydrogens is 238 g/mol. The summed E-state index contributed by atoms with van der Waals surface area (Å²) in [4.78, 5) is 14.4. The number of hydrogen-bond acceptors (Lipinski definition) is 3. The van der Waals surface area contributed by atoms with Crippen molar-refractivity contribution in [2.45, 2.75) is 64.5 Å². The Morgan fingerprint density at radius 3 is 2.89 bits per heavy atom. The minimum absolute atomic E-state index is 0.192. The first-order valence-corrected chi connectivity index (χ1v) is 7.85. The van der Waals surface area contributed by atoms with Crippen molar-refractivity contribution in [3.8, 4) is 0 Å². The van der Waals surface area contributed by atoms with E-state index < -0.39 is 0 Å². The zero-order valence-corrected chi connectivity index (χ0v) is 12.9. The van der Waals surface area contributed by atoms with Gasteiger partial charge in [0.1, 0.15) is 0 Å². The Morgan fingerprint density at radius 2 is 2.21 bits per heavy atom. The summed E-state index contributed by atoms with van der Waals surface area (Å²) in [5.41, 5.74) is 0. The summed E-state index contributed by atoms with van der Waals surface area (Å²) in [5.74, 6) is 0.192. The molecular formula is C15H31N3O. The molecule has 1 fully saturated rings. The largest absolute Gasteiger partial charge is 0.353 e. The van der Waals surface area contributed by atoms with Gasteiger partial charge in [-0.3, -0.25) is 9.69 Å². The van der Waals surface area contributed by atoms with E-state index in [1.165, 1.54) is 19.3 Å². The van der Waals surface area contributed by atoms with E-state index in [2.05, 4.69) is 29.4 Å². The van der Waals surface area contributed by atoms with Gasteiger partial charge in [-0.1, -0.05) is 19.8 Å². The fourth-order valence-corrected chi connectivity index (χ4v) is 2.92. The molecule has 4 nitrogen and oxygen atoms in total. The van der Waals surface area contributed by atoms with Crippen LogP contribution in [0.3, 0.4) is 0 Å². The molecule has 1 aliphatic heterocycles. The fourth-order valence-electron chi connectivity index (χ4n) is 2.92. The number of carbonyl (C=O) groups excluding carboxylic acids is 1. The van der Waals surface area contributed by atoms with Crippen LogP contribution in [0.5, 0.6) is 0 Å². The van der Waals surface area contributed by atoms with E-state index in [1.807, 2.05) is 7.05 Å². The van der Waals surface area contributed by atoms with E-state index in [-0.39, 0.29) is 5.91 Å². The van der Waals surface area contributed by atoms with E-state index in [0.717, 1.165) is 32.4 Å². The molecule has 0 bridgehead atoms. The fraction of sp³-hybridized carbons (Fsp3) is 0.933. The van der Waals surface area contributed by atoms with Gasteiger partial charge in [-0.05, 0) is 52.7 Å². The maximum absolute atomic E-state index is 12.0. The third-order valence-corrected chi connectivity index (χ3v) is 3.95. The van der Waals surface area contributed by atoms with Crippen molar-refractivity contribution in [3.05, 3.63) is 0 Å². The van der Waals surface area contributed by atoms with Crippen LogP contribution in [0.2, 0.25) is 0 Å². The number of carbonyl (C=O) groups is 1. The van der Waals surface area contributed by atoms with E-state index in [4.69, 9.17) is 0 Å². The van der Waals surface area contributed by atoms with Gasteiger partial charge in [-0.2, -0.15) is 0 Å². The number of likely N-dealkylation sites (tertiary alicyclic amines) is 1. The number of nitrogens with one attached hydrogen (secondary N) is 2. The van der Waals surface area contributed by atoms with Gasteiger partial charge in [-0.15, -0.1) is 0 Å². The highest BCUT2D eigenvalue weighted by Gasteiger charge is 2.23. The first-order chi connectivity index (χ1) is 9.17. The summed E-state index contributed by atoms with van der Waals surface area (Å²) < 4.78 is 0. The highest BCUT2D eigenvalue weighted by molar-refractivity contribution is 5.78. The second-order valence-corrected chi connectivity index (χ2v) is 5.77. The lowest BCUT2D eigenvalue weighted by Gasteiger charge is -2.35. The van der Waals surface area contributed by atoms with Crippen LogP contribution in [0.25, 0.3) is 0 Å². The number of hydrogen-bond donors (Lipinski definition) is 2. The number of amides is 1. The Bertz CT molecular complexity index is 258. The molecule has 1 amide bonds. The van der Waals surface area contributed by atoms with Crippen LogP contribution in [-0.4, -0.2) is 49.6 Å². The molecule has 0 aromatic heterocycles. The van der Waals surface area contributed by atoms with Crippen LogP contribution < -0.4 is 10.6 Å². The van der Waals surface area contributed by atoms with Gasteiger partial charge in [0, 0.05) is 12.1 Å². The first kappa shape index (κ1) is 16.4. The molecule has 0 aliphatic carbocycles. The molecule has 4 heteroatoms. The molecule has 2 unspecified atom stereocenters. The number of piperidine rings is 1. The predicted octanol–water partition coefficient (Wildman–Crippen LogP) is 1.76. The monoisotopic (exact) mass is 269 g/mol. The third-order valence-electron chi connectivity index (χ3n) is 3.95. The van der Waals surface area contributed by atoms with E-state index in [1.54, 1.807) is 0 Å².